The third-order valence-corrected chi connectivity index (χ3v) is 6.01. The molecule has 2 aromatic rings. The van der Waals surface area contributed by atoms with Crippen molar-refractivity contribution < 1.29 is 4.79 Å². The fourth-order valence-electron chi connectivity index (χ4n) is 3.77. The van der Waals surface area contributed by atoms with Gasteiger partial charge in [-0.1, -0.05) is 36.4 Å². The molecule has 4 nitrogen and oxygen atoms in total. The Balaban J connectivity index is 1.24. The van der Waals surface area contributed by atoms with Crippen LogP contribution in [0.2, 0.25) is 0 Å². The fourth-order valence-corrected chi connectivity index (χ4v) is 4.31. The molecule has 0 spiro atoms. The summed E-state index contributed by atoms with van der Waals surface area (Å²) >= 11 is 2.24. The van der Waals surface area contributed by atoms with E-state index in [0.29, 0.717) is 0 Å². The van der Waals surface area contributed by atoms with E-state index in [2.05, 4.69) is 68.5 Å². The maximum absolute atomic E-state index is 11.9. The normalized spacial score (nSPS) is 15.3. The SMILES string of the molecule is O=C(NCCCCN1CCC(Cc2ccccc2)CC1)Nc1cccc(I)c1. The summed E-state index contributed by atoms with van der Waals surface area (Å²) in [6.45, 7) is 4.27. The molecule has 0 unspecified atom stereocenters. The summed E-state index contributed by atoms with van der Waals surface area (Å²) in [5.74, 6) is 0.824. The Morgan fingerprint density at radius 1 is 1.04 bits per heavy atom. The van der Waals surface area contributed by atoms with E-state index in [0.717, 1.165) is 41.1 Å². The van der Waals surface area contributed by atoms with Crippen LogP contribution in [-0.4, -0.2) is 37.1 Å². The fraction of sp³-hybridized carbons (Fsp3) is 0.435. The van der Waals surface area contributed by atoms with Gasteiger partial charge < -0.3 is 15.5 Å². The van der Waals surface area contributed by atoms with Crippen molar-refractivity contribution in [3.8, 4) is 0 Å². The summed E-state index contributed by atoms with van der Waals surface area (Å²) in [5, 5.41) is 5.83. The topological polar surface area (TPSA) is 44.4 Å². The van der Waals surface area contributed by atoms with Crippen LogP contribution in [-0.2, 0) is 6.42 Å². The number of anilines is 1. The second kappa shape index (κ2) is 11.4. The van der Waals surface area contributed by atoms with Crippen molar-refractivity contribution >= 4 is 34.3 Å². The zero-order valence-corrected chi connectivity index (χ0v) is 18.5. The van der Waals surface area contributed by atoms with Gasteiger partial charge in [0.05, 0.1) is 0 Å². The molecule has 1 saturated heterocycles. The molecule has 0 saturated carbocycles. The molecule has 1 aliphatic heterocycles. The molecule has 0 atom stereocenters. The number of piperidine rings is 1. The van der Waals surface area contributed by atoms with Crippen molar-refractivity contribution in [1.29, 1.82) is 0 Å². The molecule has 150 valence electrons. The van der Waals surface area contributed by atoms with Crippen LogP contribution >= 0.6 is 22.6 Å². The Kier molecular flexibility index (Phi) is 8.61. The van der Waals surface area contributed by atoms with Crippen LogP contribution in [0.25, 0.3) is 0 Å². The van der Waals surface area contributed by atoms with E-state index in [-0.39, 0.29) is 6.03 Å². The molecule has 2 N–H and O–H groups in total. The Bertz CT molecular complexity index is 730. The number of hydrogen-bond acceptors (Lipinski definition) is 2. The molecule has 3 rings (SSSR count). The van der Waals surface area contributed by atoms with Crippen molar-refractivity contribution in [2.75, 3.05) is 31.5 Å². The van der Waals surface area contributed by atoms with Gasteiger partial charge >= 0.3 is 6.03 Å². The molecule has 2 aromatic carbocycles. The predicted octanol–water partition coefficient (Wildman–Crippen LogP) is 5.15. The molecule has 5 heteroatoms. The maximum Gasteiger partial charge on any atom is 0.319 e. The molecule has 1 heterocycles. The van der Waals surface area contributed by atoms with E-state index in [9.17, 15) is 4.79 Å². The molecular weight excluding hydrogens is 461 g/mol. The molecule has 2 amide bonds. The van der Waals surface area contributed by atoms with Gasteiger partial charge in [0.15, 0.2) is 0 Å². The number of rotatable bonds is 8. The summed E-state index contributed by atoms with van der Waals surface area (Å²) in [4.78, 5) is 14.5. The lowest BCUT2D eigenvalue weighted by Crippen LogP contribution is -2.35. The molecule has 0 radical (unpaired) electrons. The van der Waals surface area contributed by atoms with E-state index in [4.69, 9.17) is 0 Å². The highest BCUT2D eigenvalue weighted by molar-refractivity contribution is 14.1. The van der Waals surface area contributed by atoms with Crippen LogP contribution in [0.5, 0.6) is 0 Å². The summed E-state index contributed by atoms with van der Waals surface area (Å²) < 4.78 is 1.11. The number of carbonyl (C=O) groups excluding carboxylic acids is 1. The van der Waals surface area contributed by atoms with Crippen molar-refractivity contribution in [2.45, 2.75) is 32.1 Å². The first-order valence-electron chi connectivity index (χ1n) is 10.3. The van der Waals surface area contributed by atoms with Gasteiger partial charge in [-0.15, -0.1) is 0 Å². The molecule has 0 aliphatic carbocycles. The molecule has 0 bridgehead atoms. The highest BCUT2D eigenvalue weighted by Crippen LogP contribution is 2.21. The average Bonchev–Trinajstić information content (AvgIpc) is 2.70. The second-order valence-electron chi connectivity index (χ2n) is 7.57. The predicted molar refractivity (Wildman–Crippen MR) is 125 cm³/mol. The van der Waals surface area contributed by atoms with Crippen molar-refractivity contribution in [3.63, 3.8) is 0 Å². The maximum atomic E-state index is 11.9. The molecule has 28 heavy (non-hydrogen) atoms. The summed E-state index contributed by atoms with van der Waals surface area (Å²) in [6.07, 6.45) is 5.96. The molecule has 1 aliphatic rings. The van der Waals surface area contributed by atoms with E-state index in [1.165, 1.54) is 37.9 Å². The van der Waals surface area contributed by atoms with Crippen LogP contribution < -0.4 is 10.6 Å². The quantitative estimate of drug-likeness (QED) is 0.397. The minimum Gasteiger partial charge on any atom is -0.338 e. The van der Waals surface area contributed by atoms with Gasteiger partial charge in [0.25, 0.3) is 0 Å². The highest BCUT2D eigenvalue weighted by atomic mass is 127. The third kappa shape index (κ3) is 7.43. The third-order valence-electron chi connectivity index (χ3n) is 5.34. The Hall–Kier alpha value is -1.60. The smallest absolute Gasteiger partial charge is 0.319 e. The zero-order chi connectivity index (χ0) is 19.6. The van der Waals surface area contributed by atoms with Crippen LogP contribution in [0.1, 0.15) is 31.2 Å². The van der Waals surface area contributed by atoms with Gasteiger partial charge in [-0.25, -0.2) is 4.79 Å². The number of unbranched alkanes of at least 4 members (excludes halogenated alkanes) is 1. The lowest BCUT2D eigenvalue weighted by atomic mass is 9.90. The number of carbonyl (C=O) groups is 1. The van der Waals surface area contributed by atoms with Crippen LogP contribution in [0.3, 0.4) is 0 Å². The number of likely N-dealkylation sites (tertiary alicyclic amines) is 1. The summed E-state index contributed by atoms with van der Waals surface area (Å²) in [7, 11) is 0. The van der Waals surface area contributed by atoms with Gasteiger partial charge in [0.1, 0.15) is 0 Å². The van der Waals surface area contributed by atoms with Crippen LogP contribution in [0, 0.1) is 9.49 Å². The first-order valence-corrected chi connectivity index (χ1v) is 11.3. The average molecular weight is 491 g/mol. The van der Waals surface area contributed by atoms with E-state index in [1.54, 1.807) is 0 Å². The van der Waals surface area contributed by atoms with Crippen molar-refractivity contribution in [1.82, 2.24) is 10.2 Å². The van der Waals surface area contributed by atoms with E-state index < -0.39 is 0 Å². The first-order chi connectivity index (χ1) is 13.7. The Labute approximate surface area is 182 Å². The first kappa shape index (κ1) is 21.1. The standard InChI is InChI=1S/C23H30IN3O/c24-21-9-6-10-22(18-21)26-23(28)25-13-4-5-14-27-15-11-20(12-16-27)17-19-7-2-1-3-8-19/h1-3,6-10,18,20H,4-5,11-17H2,(H2,25,26,28). The van der Waals surface area contributed by atoms with Gasteiger partial charge in [0.2, 0.25) is 0 Å². The number of amides is 2. The number of nitrogens with zero attached hydrogens (tertiary/aromatic N) is 1. The van der Waals surface area contributed by atoms with Crippen molar-refractivity contribution in [3.05, 3.63) is 63.7 Å². The van der Waals surface area contributed by atoms with Gasteiger partial charge in [-0.2, -0.15) is 0 Å². The number of urea groups is 1. The van der Waals surface area contributed by atoms with Gasteiger partial charge in [-0.05, 0) is 104 Å². The van der Waals surface area contributed by atoms with Gasteiger partial charge in [-0.3, -0.25) is 0 Å². The Morgan fingerprint density at radius 2 is 1.82 bits per heavy atom. The van der Waals surface area contributed by atoms with Crippen LogP contribution in [0.4, 0.5) is 10.5 Å². The minimum atomic E-state index is -0.122. The van der Waals surface area contributed by atoms with Crippen LogP contribution in [0.15, 0.2) is 54.6 Å². The molecule has 0 aromatic heterocycles. The second-order valence-corrected chi connectivity index (χ2v) is 8.82. The number of nitrogens with one attached hydrogen (secondary N) is 2. The molecule has 1 fully saturated rings. The summed E-state index contributed by atoms with van der Waals surface area (Å²) in [5.41, 5.74) is 2.30. The Morgan fingerprint density at radius 3 is 2.57 bits per heavy atom. The number of benzene rings is 2. The lowest BCUT2D eigenvalue weighted by Gasteiger charge is -2.32. The number of hydrogen-bond donors (Lipinski definition) is 2. The minimum absolute atomic E-state index is 0.122. The number of halogens is 1. The van der Waals surface area contributed by atoms with E-state index in [1.807, 2.05) is 24.3 Å². The van der Waals surface area contributed by atoms with Gasteiger partial charge in [0, 0.05) is 15.8 Å². The van der Waals surface area contributed by atoms with E-state index >= 15 is 0 Å². The lowest BCUT2D eigenvalue weighted by molar-refractivity contribution is 0.181. The monoisotopic (exact) mass is 491 g/mol. The zero-order valence-electron chi connectivity index (χ0n) is 16.4. The van der Waals surface area contributed by atoms with Crippen molar-refractivity contribution in [2.24, 2.45) is 5.92 Å². The largest absolute Gasteiger partial charge is 0.338 e. The summed E-state index contributed by atoms with van der Waals surface area (Å²) in [6, 6.07) is 18.6. The molecular formula is C23H30IN3O. The highest BCUT2D eigenvalue weighted by Gasteiger charge is 2.18.